The van der Waals surface area contributed by atoms with Crippen LogP contribution in [0.1, 0.15) is 29.8 Å². The molecule has 0 aliphatic carbocycles. The van der Waals surface area contributed by atoms with Crippen molar-refractivity contribution < 1.29 is 28.9 Å². The standard InChI is InChI=1S/C20H23NO6/c1-20(2,19(23)24)21-18(22)14-10-15(25-3)17(16(11-14)26-4)27-12-13-8-6-5-7-9-13/h5-11H,12H2,1-4H3,(H,21,22)(H,23,24). The van der Waals surface area contributed by atoms with E-state index in [-0.39, 0.29) is 5.56 Å². The average Bonchev–Trinajstić information content (AvgIpc) is 2.65. The maximum atomic E-state index is 12.5. The molecule has 0 aliphatic heterocycles. The number of carbonyl (C=O) groups is 2. The van der Waals surface area contributed by atoms with E-state index < -0.39 is 17.4 Å². The second kappa shape index (κ2) is 8.44. The minimum Gasteiger partial charge on any atom is -0.493 e. The molecule has 0 atom stereocenters. The van der Waals surface area contributed by atoms with E-state index in [1.807, 2.05) is 30.3 Å². The SMILES string of the molecule is COc1cc(C(=O)NC(C)(C)C(=O)O)cc(OC)c1OCc1ccccc1. The molecule has 0 spiro atoms. The summed E-state index contributed by atoms with van der Waals surface area (Å²) < 4.78 is 16.5. The summed E-state index contributed by atoms with van der Waals surface area (Å²) >= 11 is 0. The third-order valence-corrected chi connectivity index (χ3v) is 3.91. The molecule has 2 rings (SSSR count). The van der Waals surface area contributed by atoms with E-state index in [0.717, 1.165) is 5.56 Å². The topological polar surface area (TPSA) is 94.1 Å². The second-order valence-corrected chi connectivity index (χ2v) is 6.37. The van der Waals surface area contributed by atoms with Gasteiger partial charge in [-0.3, -0.25) is 4.79 Å². The number of hydrogen-bond donors (Lipinski definition) is 2. The molecule has 0 fully saturated rings. The number of rotatable bonds is 8. The van der Waals surface area contributed by atoms with E-state index in [4.69, 9.17) is 14.2 Å². The molecular formula is C20H23NO6. The van der Waals surface area contributed by atoms with E-state index in [0.29, 0.717) is 23.9 Å². The van der Waals surface area contributed by atoms with Gasteiger partial charge in [0.25, 0.3) is 5.91 Å². The van der Waals surface area contributed by atoms with Gasteiger partial charge in [-0.1, -0.05) is 30.3 Å². The predicted molar refractivity (Wildman–Crippen MR) is 99.5 cm³/mol. The van der Waals surface area contributed by atoms with Gasteiger partial charge in [0.05, 0.1) is 14.2 Å². The zero-order valence-corrected chi connectivity index (χ0v) is 15.7. The number of methoxy groups -OCH3 is 2. The van der Waals surface area contributed by atoms with E-state index in [1.165, 1.54) is 40.2 Å². The van der Waals surface area contributed by atoms with Gasteiger partial charge in [-0.2, -0.15) is 0 Å². The van der Waals surface area contributed by atoms with Gasteiger partial charge in [-0.15, -0.1) is 0 Å². The minimum atomic E-state index is -1.42. The molecule has 7 nitrogen and oxygen atoms in total. The summed E-state index contributed by atoms with van der Waals surface area (Å²) in [5, 5.41) is 11.6. The van der Waals surface area contributed by atoms with Crippen molar-refractivity contribution >= 4 is 11.9 Å². The number of nitrogens with one attached hydrogen (secondary N) is 1. The predicted octanol–water partition coefficient (Wildman–Crippen LogP) is 2.88. The summed E-state index contributed by atoms with van der Waals surface area (Å²) in [5.41, 5.74) is -0.253. The third kappa shape index (κ3) is 4.91. The summed E-state index contributed by atoms with van der Waals surface area (Å²) in [5.74, 6) is -0.726. The van der Waals surface area contributed by atoms with Gasteiger partial charge in [-0.25, -0.2) is 4.79 Å². The van der Waals surface area contributed by atoms with E-state index in [1.54, 1.807) is 0 Å². The summed E-state index contributed by atoms with van der Waals surface area (Å²) in [4.78, 5) is 23.7. The molecule has 2 aromatic carbocycles. The molecule has 2 aromatic rings. The highest BCUT2D eigenvalue weighted by atomic mass is 16.5. The Hall–Kier alpha value is -3.22. The first-order valence-corrected chi connectivity index (χ1v) is 8.27. The summed E-state index contributed by atoms with van der Waals surface area (Å²) in [6.45, 7) is 3.10. The van der Waals surface area contributed by atoms with Crippen LogP contribution in [0.2, 0.25) is 0 Å². The van der Waals surface area contributed by atoms with Crippen LogP contribution in [0, 0.1) is 0 Å². The van der Waals surface area contributed by atoms with Crippen LogP contribution in [0.5, 0.6) is 17.2 Å². The Morgan fingerprint density at radius 3 is 2.07 bits per heavy atom. The molecule has 0 bridgehead atoms. The van der Waals surface area contributed by atoms with E-state index >= 15 is 0 Å². The Balaban J connectivity index is 2.29. The Morgan fingerprint density at radius 1 is 1.04 bits per heavy atom. The van der Waals surface area contributed by atoms with Crippen molar-refractivity contribution in [1.82, 2.24) is 5.32 Å². The Kier molecular flexibility index (Phi) is 6.28. The molecule has 27 heavy (non-hydrogen) atoms. The molecule has 0 heterocycles. The van der Waals surface area contributed by atoms with Crippen LogP contribution < -0.4 is 19.5 Å². The number of hydrogen-bond acceptors (Lipinski definition) is 5. The first-order valence-electron chi connectivity index (χ1n) is 8.27. The highest BCUT2D eigenvalue weighted by molar-refractivity contribution is 5.98. The summed E-state index contributed by atoms with van der Waals surface area (Å²) in [6.07, 6.45) is 0. The minimum absolute atomic E-state index is 0.199. The van der Waals surface area contributed by atoms with Crippen LogP contribution >= 0.6 is 0 Å². The fourth-order valence-electron chi connectivity index (χ4n) is 2.29. The van der Waals surface area contributed by atoms with Crippen molar-refractivity contribution in [1.29, 1.82) is 0 Å². The van der Waals surface area contributed by atoms with Crippen LogP contribution in [-0.2, 0) is 11.4 Å². The van der Waals surface area contributed by atoms with Gasteiger partial charge in [-0.05, 0) is 31.5 Å². The van der Waals surface area contributed by atoms with E-state index in [9.17, 15) is 14.7 Å². The number of carboxylic acids is 1. The highest BCUT2D eigenvalue weighted by Gasteiger charge is 2.30. The quantitative estimate of drug-likeness (QED) is 0.739. The van der Waals surface area contributed by atoms with Gasteiger partial charge in [0.15, 0.2) is 11.5 Å². The van der Waals surface area contributed by atoms with Crippen LogP contribution in [0.3, 0.4) is 0 Å². The van der Waals surface area contributed by atoms with Crippen LogP contribution in [-0.4, -0.2) is 36.7 Å². The number of benzene rings is 2. The lowest BCUT2D eigenvalue weighted by atomic mass is 10.0. The zero-order chi connectivity index (χ0) is 20.0. The Morgan fingerprint density at radius 2 is 1.59 bits per heavy atom. The highest BCUT2D eigenvalue weighted by Crippen LogP contribution is 2.39. The number of carboxylic acid groups (broad SMARTS) is 1. The normalized spacial score (nSPS) is 10.8. The summed E-state index contributed by atoms with van der Waals surface area (Å²) in [6, 6.07) is 12.5. The van der Waals surface area contributed by atoms with Gasteiger partial charge in [0.1, 0.15) is 12.1 Å². The molecule has 7 heteroatoms. The molecule has 0 unspecified atom stereocenters. The summed E-state index contributed by atoms with van der Waals surface area (Å²) in [7, 11) is 2.90. The van der Waals surface area contributed by atoms with Crippen molar-refractivity contribution in [3.05, 3.63) is 53.6 Å². The molecule has 1 amide bonds. The zero-order valence-electron chi connectivity index (χ0n) is 15.7. The molecule has 2 N–H and O–H groups in total. The molecule has 144 valence electrons. The van der Waals surface area contributed by atoms with Gasteiger partial charge >= 0.3 is 5.97 Å². The number of amides is 1. The molecule has 0 aliphatic rings. The smallest absolute Gasteiger partial charge is 0.328 e. The average molecular weight is 373 g/mol. The van der Waals surface area contributed by atoms with Crippen molar-refractivity contribution in [2.75, 3.05) is 14.2 Å². The second-order valence-electron chi connectivity index (χ2n) is 6.37. The number of ether oxygens (including phenoxy) is 3. The Bertz CT molecular complexity index is 791. The van der Waals surface area contributed by atoms with Crippen molar-refractivity contribution in [2.24, 2.45) is 0 Å². The van der Waals surface area contributed by atoms with Crippen molar-refractivity contribution in [2.45, 2.75) is 26.0 Å². The maximum absolute atomic E-state index is 12.5. The first kappa shape index (κ1) is 20.1. The first-order chi connectivity index (χ1) is 12.8. The number of carbonyl (C=O) groups excluding carboxylic acids is 1. The van der Waals surface area contributed by atoms with Gasteiger partial charge in [0, 0.05) is 5.56 Å². The lowest BCUT2D eigenvalue weighted by molar-refractivity contribution is -0.143. The van der Waals surface area contributed by atoms with Crippen LogP contribution in [0.25, 0.3) is 0 Å². The van der Waals surface area contributed by atoms with Crippen molar-refractivity contribution in [3.8, 4) is 17.2 Å². The molecule has 0 aromatic heterocycles. The lowest BCUT2D eigenvalue weighted by Crippen LogP contribution is -2.49. The molecule has 0 saturated carbocycles. The van der Waals surface area contributed by atoms with Crippen LogP contribution in [0.4, 0.5) is 0 Å². The number of aliphatic carboxylic acids is 1. The van der Waals surface area contributed by atoms with Crippen molar-refractivity contribution in [3.63, 3.8) is 0 Å². The fraction of sp³-hybridized carbons (Fsp3) is 0.300. The molecule has 0 radical (unpaired) electrons. The fourth-order valence-corrected chi connectivity index (χ4v) is 2.29. The molecule has 0 saturated heterocycles. The molecular weight excluding hydrogens is 350 g/mol. The van der Waals surface area contributed by atoms with Crippen LogP contribution in [0.15, 0.2) is 42.5 Å². The van der Waals surface area contributed by atoms with Gasteiger partial charge < -0.3 is 24.6 Å². The lowest BCUT2D eigenvalue weighted by Gasteiger charge is -2.22. The maximum Gasteiger partial charge on any atom is 0.328 e. The van der Waals surface area contributed by atoms with Gasteiger partial charge in [0.2, 0.25) is 5.75 Å². The largest absolute Gasteiger partial charge is 0.493 e. The monoisotopic (exact) mass is 373 g/mol. The Labute approximate surface area is 157 Å². The third-order valence-electron chi connectivity index (χ3n) is 3.91. The van der Waals surface area contributed by atoms with E-state index in [2.05, 4.69) is 5.32 Å².